The second-order valence-corrected chi connectivity index (χ2v) is 13.7. The van der Waals surface area contributed by atoms with Crippen LogP contribution in [0.5, 0.6) is 0 Å². The Bertz CT molecular complexity index is 2760. The molecule has 0 saturated heterocycles. The molecule has 0 aliphatic carbocycles. The Morgan fingerprint density at radius 1 is 0.377 bits per heavy atom. The van der Waals surface area contributed by atoms with Crippen molar-refractivity contribution in [2.24, 2.45) is 0 Å². The molecule has 2 heterocycles. The summed E-state index contributed by atoms with van der Waals surface area (Å²) in [5.41, 5.74) is 18.5. The number of para-hydroxylation sites is 3. The lowest BCUT2D eigenvalue weighted by Gasteiger charge is -2.27. The Morgan fingerprint density at radius 2 is 0.925 bits per heavy atom. The summed E-state index contributed by atoms with van der Waals surface area (Å²) in [5.74, 6) is 0.904. The summed E-state index contributed by atoms with van der Waals surface area (Å²) in [7, 11) is 0. The van der Waals surface area contributed by atoms with Crippen molar-refractivity contribution in [2.75, 3.05) is 4.90 Å². The predicted molar refractivity (Wildman–Crippen MR) is 221 cm³/mol. The number of hydrogen-bond acceptors (Lipinski definition) is 2. The van der Waals surface area contributed by atoms with Gasteiger partial charge in [-0.05, 0) is 101 Å². The number of fused-ring (bicyclic) bond motifs is 6. The average Bonchev–Trinajstić information content (AvgIpc) is 3.55. The standard InChI is InChI=1S/C50H35N3/c1-34-25-30-40-41-21-11-13-23-47(41)52(48-24-14-12-22-42(48)45(40)31-34)39-28-26-37(27-29-39)50-51-46-32-43(35-15-5-2-6-16-35)44(36-17-7-3-8-18-36)33-49(46)53(50)38-19-9-4-10-20-38/h2-33H,1H3. The van der Waals surface area contributed by atoms with Gasteiger partial charge in [0, 0.05) is 28.1 Å². The van der Waals surface area contributed by atoms with Gasteiger partial charge in [-0.15, -0.1) is 0 Å². The van der Waals surface area contributed by atoms with E-state index in [1.54, 1.807) is 0 Å². The van der Waals surface area contributed by atoms with Crippen LogP contribution in [0.2, 0.25) is 0 Å². The van der Waals surface area contributed by atoms with Gasteiger partial charge < -0.3 is 4.90 Å². The molecule has 1 aliphatic heterocycles. The van der Waals surface area contributed by atoms with Crippen LogP contribution in [-0.4, -0.2) is 9.55 Å². The summed E-state index contributed by atoms with van der Waals surface area (Å²) in [4.78, 5) is 7.80. The molecule has 0 unspecified atom stereocenters. The van der Waals surface area contributed by atoms with Crippen molar-refractivity contribution in [1.29, 1.82) is 0 Å². The maximum atomic E-state index is 5.39. The summed E-state index contributed by atoms with van der Waals surface area (Å²) in [6.45, 7) is 2.17. The lowest BCUT2D eigenvalue weighted by atomic mass is 9.93. The molecule has 3 nitrogen and oxygen atoms in total. The molecule has 10 rings (SSSR count). The zero-order valence-electron chi connectivity index (χ0n) is 29.3. The van der Waals surface area contributed by atoms with Crippen molar-refractivity contribution in [2.45, 2.75) is 6.92 Å². The zero-order chi connectivity index (χ0) is 35.3. The van der Waals surface area contributed by atoms with E-state index in [1.165, 1.54) is 50.1 Å². The second kappa shape index (κ2) is 12.7. The van der Waals surface area contributed by atoms with Crippen LogP contribution in [0.15, 0.2) is 194 Å². The summed E-state index contributed by atoms with van der Waals surface area (Å²) in [5, 5.41) is 0. The Balaban J connectivity index is 1.16. The zero-order valence-corrected chi connectivity index (χ0v) is 29.3. The van der Waals surface area contributed by atoms with Crippen LogP contribution < -0.4 is 4.90 Å². The van der Waals surface area contributed by atoms with E-state index >= 15 is 0 Å². The molecule has 53 heavy (non-hydrogen) atoms. The van der Waals surface area contributed by atoms with E-state index in [2.05, 4.69) is 211 Å². The van der Waals surface area contributed by atoms with Crippen LogP contribution in [0.3, 0.4) is 0 Å². The molecule has 0 bridgehead atoms. The molecular weight excluding hydrogens is 643 g/mol. The van der Waals surface area contributed by atoms with Crippen LogP contribution >= 0.6 is 0 Å². The number of rotatable bonds is 5. The Labute approximate surface area is 309 Å². The summed E-state index contributed by atoms with van der Waals surface area (Å²) in [6, 6.07) is 69.7. The molecule has 1 aromatic heterocycles. The number of benzene rings is 8. The molecule has 0 radical (unpaired) electrons. The predicted octanol–water partition coefficient (Wildman–Crippen LogP) is 13.5. The van der Waals surface area contributed by atoms with Crippen molar-refractivity contribution in [3.05, 3.63) is 200 Å². The highest BCUT2D eigenvalue weighted by Gasteiger charge is 2.26. The SMILES string of the molecule is Cc1ccc2c(c1)-c1ccccc1N(c1ccc(-c3nc4cc(-c5ccccc5)c(-c5ccccc5)cc4n3-c3ccccc3)cc1)c1ccccc1-2. The van der Waals surface area contributed by atoms with Gasteiger partial charge in [-0.25, -0.2) is 4.98 Å². The van der Waals surface area contributed by atoms with Gasteiger partial charge in [-0.2, -0.15) is 0 Å². The fraction of sp³-hybridized carbons (Fsp3) is 0.0200. The van der Waals surface area contributed by atoms with Gasteiger partial charge in [0.2, 0.25) is 0 Å². The Hall–Kier alpha value is -6.97. The van der Waals surface area contributed by atoms with Crippen LogP contribution in [0.25, 0.3) is 72.6 Å². The van der Waals surface area contributed by atoms with Gasteiger partial charge in [0.1, 0.15) is 5.82 Å². The van der Waals surface area contributed by atoms with Crippen molar-refractivity contribution in [3.63, 3.8) is 0 Å². The maximum Gasteiger partial charge on any atom is 0.145 e. The Kier molecular flexibility index (Phi) is 7.36. The molecule has 0 saturated carbocycles. The number of imidazole rings is 1. The van der Waals surface area contributed by atoms with E-state index in [9.17, 15) is 0 Å². The normalized spacial score (nSPS) is 11.8. The molecule has 0 spiro atoms. The van der Waals surface area contributed by atoms with Crippen molar-refractivity contribution < 1.29 is 0 Å². The van der Waals surface area contributed by atoms with E-state index < -0.39 is 0 Å². The molecule has 0 amide bonds. The summed E-state index contributed by atoms with van der Waals surface area (Å²) in [6.07, 6.45) is 0. The largest absolute Gasteiger partial charge is 0.309 e. The first-order chi connectivity index (χ1) is 26.2. The molecule has 0 atom stereocenters. The molecule has 0 N–H and O–H groups in total. The first kappa shape index (κ1) is 30.8. The van der Waals surface area contributed by atoms with Crippen molar-refractivity contribution >= 4 is 28.1 Å². The molecular formula is C50H35N3. The summed E-state index contributed by atoms with van der Waals surface area (Å²) < 4.78 is 2.31. The van der Waals surface area contributed by atoms with Gasteiger partial charge in [0.05, 0.1) is 22.4 Å². The van der Waals surface area contributed by atoms with Crippen LogP contribution in [0.4, 0.5) is 17.1 Å². The number of aryl methyl sites for hydroxylation is 1. The number of aromatic nitrogens is 2. The second-order valence-electron chi connectivity index (χ2n) is 13.7. The van der Waals surface area contributed by atoms with E-state index in [-0.39, 0.29) is 0 Å². The maximum absolute atomic E-state index is 5.39. The first-order valence-electron chi connectivity index (χ1n) is 18.1. The minimum absolute atomic E-state index is 0.904. The van der Waals surface area contributed by atoms with Gasteiger partial charge >= 0.3 is 0 Å². The Morgan fingerprint density at radius 3 is 1.57 bits per heavy atom. The third-order valence-corrected chi connectivity index (χ3v) is 10.4. The third-order valence-electron chi connectivity index (χ3n) is 10.4. The highest BCUT2D eigenvalue weighted by molar-refractivity contribution is 6.03. The van der Waals surface area contributed by atoms with E-state index in [1.807, 2.05) is 0 Å². The molecule has 9 aromatic rings. The molecule has 3 heteroatoms. The molecule has 1 aliphatic rings. The summed E-state index contributed by atoms with van der Waals surface area (Å²) >= 11 is 0. The fourth-order valence-corrected chi connectivity index (χ4v) is 7.94. The quantitative estimate of drug-likeness (QED) is 0.181. The van der Waals surface area contributed by atoms with Crippen LogP contribution in [0.1, 0.15) is 5.56 Å². The van der Waals surface area contributed by atoms with Crippen molar-refractivity contribution in [3.8, 4) is 61.6 Å². The lowest BCUT2D eigenvalue weighted by molar-refractivity contribution is 1.10. The van der Waals surface area contributed by atoms with E-state index in [0.717, 1.165) is 45.2 Å². The number of anilines is 3. The topological polar surface area (TPSA) is 21.1 Å². The monoisotopic (exact) mass is 677 g/mol. The minimum Gasteiger partial charge on any atom is -0.309 e. The van der Waals surface area contributed by atoms with Gasteiger partial charge in [-0.1, -0.05) is 139 Å². The van der Waals surface area contributed by atoms with Crippen LogP contribution in [-0.2, 0) is 0 Å². The smallest absolute Gasteiger partial charge is 0.145 e. The average molecular weight is 678 g/mol. The minimum atomic E-state index is 0.904. The lowest BCUT2D eigenvalue weighted by Crippen LogP contribution is -2.10. The first-order valence-corrected chi connectivity index (χ1v) is 18.1. The highest BCUT2D eigenvalue weighted by Crippen LogP contribution is 2.51. The van der Waals surface area contributed by atoms with Crippen molar-refractivity contribution in [1.82, 2.24) is 9.55 Å². The van der Waals surface area contributed by atoms with Gasteiger partial charge in [-0.3, -0.25) is 4.57 Å². The van der Waals surface area contributed by atoms with Gasteiger partial charge in [0.25, 0.3) is 0 Å². The fourth-order valence-electron chi connectivity index (χ4n) is 7.94. The van der Waals surface area contributed by atoms with E-state index in [0.29, 0.717) is 0 Å². The number of hydrogen-bond donors (Lipinski definition) is 0. The van der Waals surface area contributed by atoms with Crippen LogP contribution in [0, 0.1) is 6.92 Å². The van der Waals surface area contributed by atoms with E-state index in [4.69, 9.17) is 4.98 Å². The number of nitrogens with zero attached hydrogens (tertiary/aromatic N) is 3. The molecule has 250 valence electrons. The molecule has 8 aromatic carbocycles. The van der Waals surface area contributed by atoms with Gasteiger partial charge in [0.15, 0.2) is 0 Å². The molecule has 0 fully saturated rings. The third kappa shape index (κ3) is 5.25. The highest BCUT2D eigenvalue weighted by atomic mass is 15.2.